The number of carbonyl (C=O) groups is 3. The zero-order valence-electron chi connectivity index (χ0n) is 18.4. The molecule has 31 heavy (non-hydrogen) atoms. The van der Waals surface area contributed by atoms with Gasteiger partial charge in [-0.05, 0) is 56.6 Å². The highest BCUT2D eigenvalue weighted by atomic mass is 16.2. The molecule has 0 saturated heterocycles. The summed E-state index contributed by atoms with van der Waals surface area (Å²) in [6.45, 7) is 2.73. The largest absolute Gasteiger partial charge is 0.349 e. The lowest BCUT2D eigenvalue weighted by atomic mass is 10.1. The third kappa shape index (κ3) is 7.22. The summed E-state index contributed by atoms with van der Waals surface area (Å²) >= 11 is 0. The van der Waals surface area contributed by atoms with Crippen molar-refractivity contribution in [3.63, 3.8) is 0 Å². The molecule has 0 bridgehead atoms. The minimum atomic E-state index is -0.234. The molecule has 1 aliphatic rings. The standard InChI is InChI=1S/C24H30N4O3/c1-17-4-10-20(11-5-17)25-22(29)15-28(3)23(30)16-27(2)14-18-6-8-19(9-7-18)24(31)26-21-12-13-21/h4-11,21H,12-16H2,1-3H3,(H,25,29)(H,26,31). The highest BCUT2D eigenvalue weighted by molar-refractivity contribution is 5.95. The SMILES string of the molecule is Cc1ccc(NC(=O)CN(C)C(=O)CN(C)Cc2ccc(C(=O)NC3CC3)cc2)cc1. The Labute approximate surface area is 183 Å². The lowest BCUT2D eigenvalue weighted by molar-refractivity contribution is -0.134. The molecule has 3 rings (SSSR count). The third-order valence-electron chi connectivity index (χ3n) is 5.13. The molecule has 7 heteroatoms. The van der Waals surface area contributed by atoms with E-state index in [-0.39, 0.29) is 30.8 Å². The van der Waals surface area contributed by atoms with Crippen LogP contribution in [0, 0.1) is 6.92 Å². The Morgan fingerprint density at radius 2 is 1.58 bits per heavy atom. The van der Waals surface area contributed by atoms with E-state index in [2.05, 4.69) is 10.6 Å². The van der Waals surface area contributed by atoms with Gasteiger partial charge in [-0.2, -0.15) is 0 Å². The number of anilines is 1. The molecule has 0 spiro atoms. The van der Waals surface area contributed by atoms with Crippen molar-refractivity contribution in [3.05, 3.63) is 65.2 Å². The summed E-state index contributed by atoms with van der Waals surface area (Å²) in [4.78, 5) is 40.0. The van der Waals surface area contributed by atoms with Crippen molar-refractivity contribution >= 4 is 23.4 Å². The van der Waals surface area contributed by atoms with Gasteiger partial charge in [-0.3, -0.25) is 19.3 Å². The average molecular weight is 423 g/mol. The normalized spacial score (nSPS) is 13.0. The lowest BCUT2D eigenvalue weighted by Gasteiger charge is -2.21. The fourth-order valence-corrected chi connectivity index (χ4v) is 3.12. The summed E-state index contributed by atoms with van der Waals surface area (Å²) in [6, 6.07) is 15.3. The number of hydrogen-bond acceptors (Lipinski definition) is 4. The van der Waals surface area contributed by atoms with E-state index < -0.39 is 0 Å². The van der Waals surface area contributed by atoms with E-state index in [4.69, 9.17) is 0 Å². The molecule has 1 saturated carbocycles. The zero-order chi connectivity index (χ0) is 22.4. The molecule has 3 amide bonds. The number of benzene rings is 2. The van der Waals surface area contributed by atoms with Crippen molar-refractivity contribution in [2.24, 2.45) is 0 Å². The van der Waals surface area contributed by atoms with Gasteiger partial charge in [0.1, 0.15) is 0 Å². The van der Waals surface area contributed by atoms with Crippen LogP contribution >= 0.6 is 0 Å². The van der Waals surface area contributed by atoms with Crippen LogP contribution in [0.1, 0.15) is 34.3 Å². The molecular formula is C24H30N4O3. The smallest absolute Gasteiger partial charge is 0.251 e. The predicted molar refractivity (Wildman–Crippen MR) is 121 cm³/mol. The number of nitrogens with one attached hydrogen (secondary N) is 2. The number of nitrogens with zero attached hydrogens (tertiary/aromatic N) is 2. The van der Waals surface area contributed by atoms with Gasteiger partial charge in [-0.1, -0.05) is 29.8 Å². The van der Waals surface area contributed by atoms with Gasteiger partial charge in [0.05, 0.1) is 13.1 Å². The van der Waals surface area contributed by atoms with Gasteiger partial charge < -0.3 is 15.5 Å². The molecule has 0 aliphatic heterocycles. The maximum absolute atomic E-state index is 12.5. The van der Waals surface area contributed by atoms with Crippen LogP contribution in [-0.2, 0) is 16.1 Å². The first-order valence-electron chi connectivity index (χ1n) is 10.5. The van der Waals surface area contributed by atoms with Gasteiger partial charge in [0.15, 0.2) is 0 Å². The Kier molecular flexibility index (Phi) is 7.41. The fraction of sp³-hybridized carbons (Fsp3) is 0.375. The first-order chi connectivity index (χ1) is 14.8. The van der Waals surface area contributed by atoms with Crippen LogP contribution in [0.5, 0.6) is 0 Å². The molecule has 7 nitrogen and oxygen atoms in total. The summed E-state index contributed by atoms with van der Waals surface area (Å²) in [6.07, 6.45) is 2.12. The summed E-state index contributed by atoms with van der Waals surface area (Å²) in [7, 11) is 3.48. The summed E-state index contributed by atoms with van der Waals surface area (Å²) in [5.74, 6) is -0.410. The highest BCUT2D eigenvalue weighted by Crippen LogP contribution is 2.19. The van der Waals surface area contributed by atoms with Crippen LogP contribution in [0.15, 0.2) is 48.5 Å². The Bertz CT molecular complexity index is 921. The Balaban J connectivity index is 1.42. The second-order valence-electron chi connectivity index (χ2n) is 8.28. The van der Waals surface area contributed by atoms with Crippen molar-refractivity contribution in [3.8, 4) is 0 Å². The third-order valence-corrected chi connectivity index (χ3v) is 5.13. The maximum Gasteiger partial charge on any atom is 0.251 e. The Morgan fingerprint density at radius 3 is 2.19 bits per heavy atom. The second-order valence-corrected chi connectivity index (χ2v) is 8.28. The number of hydrogen-bond donors (Lipinski definition) is 2. The van der Waals surface area contributed by atoms with Gasteiger partial charge in [-0.25, -0.2) is 0 Å². The number of carbonyl (C=O) groups excluding carboxylic acids is 3. The minimum Gasteiger partial charge on any atom is -0.349 e. The van der Waals surface area contributed by atoms with Crippen LogP contribution in [0.4, 0.5) is 5.69 Å². The molecule has 1 aliphatic carbocycles. The molecule has 2 N–H and O–H groups in total. The second kappa shape index (κ2) is 10.2. The summed E-state index contributed by atoms with van der Waals surface area (Å²) in [5, 5.41) is 5.77. The quantitative estimate of drug-likeness (QED) is 0.650. The monoisotopic (exact) mass is 422 g/mol. The molecule has 0 radical (unpaired) electrons. The van der Waals surface area contributed by atoms with E-state index in [1.54, 1.807) is 7.05 Å². The highest BCUT2D eigenvalue weighted by Gasteiger charge is 2.23. The minimum absolute atomic E-state index is 0.00858. The molecule has 2 aromatic rings. The molecular weight excluding hydrogens is 392 g/mol. The van der Waals surface area contributed by atoms with Gasteiger partial charge >= 0.3 is 0 Å². The van der Waals surface area contributed by atoms with Gasteiger partial charge in [-0.15, -0.1) is 0 Å². The molecule has 164 valence electrons. The topological polar surface area (TPSA) is 81.8 Å². The molecule has 1 fully saturated rings. The van der Waals surface area contributed by atoms with Gasteiger partial charge in [0.2, 0.25) is 11.8 Å². The lowest BCUT2D eigenvalue weighted by Crippen LogP contribution is -2.40. The number of likely N-dealkylation sites (N-methyl/N-ethyl adjacent to an activating group) is 2. The Hall–Kier alpha value is -3.19. The van der Waals surface area contributed by atoms with Crippen LogP contribution in [0.25, 0.3) is 0 Å². The van der Waals surface area contributed by atoms with Crippen LogP contribution < -0.4 is 10.6 Å². The maximum atomic E-state index is 12.5. The molecule has 2 aromatic carbocycles. The number of rotatable bonds is 9. The molecule has 0 heterocycles. The molecule has 0 atom stereocenters. The van der Waals surface area contributed by atoms with Crippen molar-refractivity contribution in [1.29, 1.82) is 0 Å². The average Bonchev–Trinajstić information content (AvgIpc) is 3.54. The van der Waals surface area contributed by atoms with E-state index in [1.165, 1.54) is 4.90 Å². The van der Waals surface area contributed by atoms with Crippen LogP contribution in [-0.4, -0.2) is 60.7 Å². The van der Waals surface area contributed by atoms with Crippen molar-refractivity contribution in [2.75, 3.05) is 32.5 Å². The van der Waals surface area contributed by atoms with Crippen LogP contribution in [0.3, 0.4) is 0 Å². The zero-order valence-corrected chi connectivity index (χ0v) is 18.4. The van der Waals surface area contributed by atoms with Crippen LogP contribution in [0.2, 0.25) is 0 Å². The van der Waals surface area contributed by atoms with Gasteiger partial charge in [0.25, 0.3) is 5.91 Å². The van der Waals surface area contributed by atoms with E-state index in [1.807, 2.05) is 67.4 Å². The first-order valence-corrected chi connectivity index (χ1v) is 10.5. The molecule has 0 aromatic heterocycles. The van der Waals surface area contributed by atoms with Crippen molar-refractivity contribution < 1.29 is 14.4 Å². The van der Waals surface area contributed by atoms with E-state index >= 15 is 0 Å². The van der Waals surface area contributed by atoms with Crippen molar-refractivity contribution in [2.45, 2.75) is 32.4 Å². The predicted octanol–water partition coefficient (Wildman–Crippen LogP) is 2.42. The Morgan fingerprint density at radius 1 is 0.935 bits per heavy atom. The van der Waals surface area contributed by atoms with E-state index in [0.717, 1.165) is 24.0 Å². The summed E-state index contributed by atoms with van der Waals surface area (Å²) < 4.78 is 0. The fourth-order valence-electron chi connectivity index (χ4n) is 3.12. The number of aryl methyl sites for hydroxylation is 1. The van der Waals surface area contributed by atoms with Gasteiger partial charge in [0, 0.05) is 30.9 Å². The van der Waals surface area contributed by atoms with E-state index in [0.29, 0.717) is 23.8 Å². The molecule has 0 unspecified atom stereocenters. The van der Waals surface area contributed by atoms with Crippen molar-refractivity contribution in [1.82, 2.24) is 15.1 Å². The summed E-state index contributed by atoms with van der Waals surface area (Å²) in [5.41, 5.74) is 3.49. The number of amides is 3. The van der Waals surface area contributed by atoms with E-state index in [9.17, 15) is 14.4 Å². The first kappa shape index (κ1) is 22.5.